The van der Waals surface area contributed by atoms with E-state index in [9.17, 15) is 4.79 Å². The molecule has 1 aromatic rings. The number of benzene rings is 1. The summed E-state index contributed by atoms with van der Waals surface area (Å²) in [5, 5.41) is 0.631. The van der Waals surface area contributed by atoms with Crippen molar-refractivity contribution in [3.63, 3.8) is 0 Å². The van der Waals surface area contributed by atoms with Crippen LogP contribution in [-0.4, -0.2) is 18.4 Å². The zero-order valence-corrected chi connectivity index (χ0v) is 9.45. The molecule has 0 aliphatic carbocycles. The highest BCUT2D eigenvalue weighted by Crippen LogP contribution is 2.16. The third-order valence-electron chi connectivity index (χ3n) is 1.78. The molecule has 14 heavy (non-hydrogen) atoms. The number of hydrogen-bond donors (Lipinski definition) is 0. The van der Waals surface area contributed by atoms with Gasteiger partial charge in [-0.2, -0.15) is 0 Å². The van der Waals surface area contributed by atoms with Gasteiger partial charge in [0.25, 0.3) is 0 Å². The number of allylic oxidation sites excluding steroid dienone is 1. The minimum atomic E-state index is -0.330. The van der Waals surface area contributed by atoms with Crippen LogP contribution in [0.5, 0.6) is 0 Å². The summed E-state index contributed by atoms with van der Waals surface area (Å²) in [6.07, 6.45) is 1.49. The van der Waals surface area contributed by atoms with Crippen molar-refractivity contribution >= 4 is 27.5 Å². The zero-order valence-electron chi connectivity index (χ0n) is 7.87. The van der Waals surface area contributed by atoms with Gasteiger partial charge in [-0.15, -0.1) is 0 Å². The van der Waals surface area contributed by atoms with Crippen LogP contribution in [-0.2, 0) is 9.53 Å². The van der Waals surface area contributed by atoms with E-state index in [4.69, 9.17) is 0 Å². The Bertz CT molecular complexity index is 330. The van der Waals surface area contributed by atoms with Gasteiger partial charge < -0.3 is 4.74 Å². The van der Waals surface area contributed by atoms with Gasteiger partial charge in [0, 0.05) is 11.4 Å². The Kier molecular flexibility index (Phi) is 4.40. The standard InChI is InChI=1S/C11H11BrO2/c1-14-11(13)7-10(8-12)9-5-3-2-4-6-9/h2-7H,8H2,1H3/b10-7+. The average molecular weight is 255 g/mol. The number of alkyl halides is 1. The molecule has 0 bridgehead atoms. The summed E-state index contributed by atoms with van der Waals surface area (Å²) < 4.78 is 4.57. The molecular formula is C11H11BrO2. The number of rotatable bonds is 3. The lowest BCUT2D eigenvalue weighted by Gasteiger charge is -2.02. The minimum Gasteiger partial charge on any atom is -0.466 e. The van der Waals surface area contributed by atoms with Crippen LogP contribution < -0.4 is 0 Å². The third kappa shape index (κ3) is 3.00. The Morgan fingerprint density at radius 2 is 2.07 bits per heavy atom. The molecule has 0 fully saturated rings. The lowest BCUT2D eigenvalue weighted by atomic mass is 10.1. The Morgan fingerprint density at radius 3 is 2.57 bits per heavy atom. The first kappa shape index (κ1) is 11.0. The fraction of sp³-hybridized carbons (Fsp3) is 0.182. The summed E-state index contributed by atoms with van der Waals surface area (Å²) in [5.41, 5.74) is 1.94. The number of halogens is 1. The van der Waals surface area contributed by atoms with Crippen molar-refractivity contribution < 1.29 is 9.53 Å². The summed E-state index contributed by atoms with van der Waals surface area (Å²) in [6.45, 7) is 0. The third-order valence-corrected chi connectivity index (χ3v) is 2.39. The molecule has 0 radical (unpaired) electrons. The van der Waals surface area contributed by atoms with Crippen LogP contribution in [0.2, 0.25) is 0 Å². The molecule has 0 saturated carbocycles. The number of ether oxygens (including phenoxy) is 1. The van der Waals surface area contributed by atoms with E-state index in [1.807, 2.05) is 30.3 Å². The molecule has 0 N–H and O–H groups in total. The second kappa shape index (κ2) is 5.60. The van der Waals surface area contributed by atoms with E-state index < -0.39 is 0 Å². The van der Waals surface area contributed by atoms with Gasteiger partial charge in [0.1, 0.15) is 0 Å². The van der Waals surface area contributed by atoms with Crippen molar-refractivity contribution in [1.82, 2.24) is 0 Å². The van der Waals surface area contributed by atoms with Crippen molar-refractivity contribution in [1.29, 1.82) is 0 Å². The van der Waals surface area contributed by atoms with Crippen molar-refractivity contribution in [2.75, 3.05) is 12.4 Å². The van der Waals surface area contributed by atoms with Gasteiger partial charge in [0.2, 0.25) is 0 Å². The first-order valence-corrected chi connectivity index (χ1v) is 5.30. The quantitative estimate of drug-likeness (QED) is 0.471. The maximum atomic E-state index is 11.0. The van der Waals surface area contributed by atoms with E-state index in [0.717, 1.165) is 11.1 Å². The van der Waals surface area contributed by atoms with E-state index in [0.29, 0.717) is 5.33 Å². The summed E-state index contributed by atoms with van der Waals surface area (Å²) in [4.78, 5) is 11.0. The van der Waals surface area contributed by atoms with Gasteiger partial charge >= 0.3 is 5.97 Å². The van der Waals surface area contributed by atoms with Crippen molar-refractivity contribution in [2.45, 2.75) is 0 Å². The van der Waals surface area contributed by atoms with Crippen molar-refractivity contribution in [3.05, 3.63) is 42.0 Å². The van der Waals surface area contributed by atoms with Gasteiger partial charge in [0.15, 0.2) is 0 Å². The SMILES string of the molecule is COC(=O)/C=C(\CBr)c1ccccc1. The highest BCUT2D eigenvalue weighted by atomic mass is 79.9. The molecule has 0 amide bonds. The van der Waals surface area contributed by atoms with Crippen LogP contribution >= 0.6 is 15.9 Å². The first-order valence-electron chi connectivity index (χ1n) is 4.18. The van der Waals surface area contributed by atoms with E-state index in [2.05, 4.69) is 20.7 Å². The summed E-state index contributed by atoms with van der Waals surface area (Å²) in [5.74, 6) is -0.330. The molecule has 0 heterocycles. The molecule has 1 rings (SSSR count). The van der Waals surface area contributed by atoms with Crippen LogP contribution in [0, 0.1) is 0 Å². The van der Waals surface area contributed by atoms with Gasteiger partial charge in [-0.05, 0) is 11.1 Å². The Morgan fingerprint density at radius 1 is 1.43 bits per heavy atom. The molecule has 74 valence electrons. The zero-order chi connectivity index (χ0) is 10.4. The summed E-state index contributed by atoms with van der Waals surface area (Å²) in [7, 11) is 1.37. The topological polar surface area (TPSA) is 26.3 Å². The van der Waals surface area contributed by atoms with Crippen molar-refractivity contribution in [2.24, 2.45) is 0 Å². The molecule has 0 atom stereocenters. The van der Waals surface area contributed by atoms with E-state index in [-0.39, 0.29) is 5.97 Å². The molecule has 0 spiro atoms. The second-order valence-electron chi connectivity index (χ2n) is 2.69. The number of carbonyl (C=O) groups excluding carboxylic acids is 1. The summed E-state index contributed by atoms with van der Waals surface area (Å²) >= 11 is 3.33. The van der Waals surface area contributed by atoms with Crippen LogP contribution in [0.4, 0.5) is 0 Å². The fourth-order valence-corrected chi connectivity index (χ4v) is 1.54. The molecule has 0 unspecified atom stereocenters. The van der Waals surface area contributed by atoms with Gasteiger partial charge in [-0.25, -0.2) is 4.79 Å². The number of carbonyl (C=O) groups is 1. The Balaban J connectivity index is 2.93. The number of hydrogen-bond acceptors (Lipinski definition) is 2. The summed E-state index contributed by atoms with van der Waals surface area (Å²) in [6, 6.07) is 9.71. The van der Waals surface area contributed by atoms with Crippen LogP contribution in [0.15, 0.2) is 36.4 Å². The van der Waals surface area contributed by atoms with Crippen LogP contribution in [0.3, 0.4) is 0 Å². The normalized spacial score (nSPS) is 11.1. The molecule has 3 heteroatoms. The maximum absolute atomic E-state index is 11.0. The molecule has 0 aliphatic heterocycles. The highest BCUT2D eigenvalue weighted by Gasteiger charge is 2.02. The first-order chi connectivity index (χ1) is 6.77. The monoisotopic (exact) mass is 254 g/mol. The lowest BCUT2D eigenvalue weighted by molar-refractivity contribution is -0.134. The fourth-order valence-electron chi connectivity index (χ4n) is 1.05. The van der Waals surface area contributed by atoms with E-state index >= 15 is 0 Å². The molecule has 0 saturated heterocycles. The predicted molar refractivity (Wildman–Crippen MR) is 60.2 cm³/mol. The maximum Gasteiger partial charge on any atom is 0.330 e. The molecule has 1 aromatic carbocycles. The van der Waals surface area contributed by atoms with E-state index in [1.165, 1.54) is 13.2 Å². The van der Waals surface area contributed by atoms with E-state index in [1.54, 1.807) is 0 Å². The Hall–Kier alpha value is -1.09. The lowest BCUT2D eigenvalue weighted by Crippen LogP contribution is -1.97. The predicted octanol–water partition coefficient (Wildman–Crippen LogP) is 2.64. The van der Waals surface area contributed by atoms with Crippen LogP contribution in [0.1, 0.15) is 5.56 Å². The second-order valence-corrected chi connectivity index (χ2v) is 3.25. The number of methoxy groups -OCH3 is 1. The van der Waals surface area contributed by atoms with Crippen molar-refractivity contribution in [3.8, 4) is 0 Å². The van der Waals surface area contributed by atoms with Gasteiger partial charge in [0.05, 0.1) is 7.11 Å². The molecule has 0 aliphatic rings. The van der Waals surface area contributed by atoms with Gasteiger partial charge in [-0.1, -0.05) is 46.3 Å². The minimum absolute atomic E-state index is 0.330. The highest BCUT2D eigenvalue weighted by molar-refractivity contribution is 9.09. The van der Waals surface area contributed by atoms with Crippen LogP contribution in [0.25, 0.3) is 5.57 Å². The Labute approximate surface area is 91.7 Å². The van der Waals surface area contributed by atoms with Gasteiger partial charge in [-0.3, -0.25) is 0 Å². The molecular weight excluding hydrogens is 244 g/mol. The molecule has 2 nitrogen and oxygen atoms in total. The molecule has 0 aromatic heterocycles. The largest absolute Gasteiger partial charge is 0.466 e. The smallest absolute Gasteiger partial charge is 0.330 e. The number of esters is 1. The average Bonchev–Trinajstić information content (AvgIpc) is 2.26.